The monoisotopic (exact) mass is 226 g/mol. The van der Waals surface area contributed by atoms with Crippen molar-refractivity contribution in [3.8, 4) is 0 Å². The molecule has 86 valence electrons. The van der Waals surface area contributed by atoms with Crippen molar-refractivity contribution < 1.29 is 0 Å². The van der Waals surface area contributed by atoms with Crippen molar-refractivity contribution in [2.75, 3.05) is 12.3 Å². The van der Waals surface area contributed by atoms with Crippen LogP contribution < -0.4 is 5.32 Å². The summed E-state index contributed by atoms with van der Waals surface area (Å²) in [6.07, 6.45) is 8.17. The van der Waals surface area contributed by atoms with Gasteiger partial charge in [-0.3, -0.25) is 4.99 Å². The molecule has 2 rings (SSSR count). The molecule has 2 nitrogen and oxygen atoms in total. The Balaban J connectivity index is 1.68. The van der Waals surface area contributed by atoms with E-state index in [-0.39, 0.29) is 0 Å². The summed E-state index contributed by atoms with van der Waals surface area (Å²) in [5.74, 6) is 2.23. The number of hydrogen-bond donors (Lipinski definition) is 1. The van der Waals surface area contributed by atoms with Gasteiger partial charge in [-0.05, 0) is 25.2 Å². The number of rotatable bonds is 4. The second-order valence-corrected chi connectivity index (χ2v) is 5.74. The van der Waals surface area contributed by atoms with E-state index in [0.29, 0.717) is 6.04 Å². The number of hydrogen-bond acceptors (Lipinski definition) is 2. The zero-order chi connectivity index (χ0) is 10.5. The molecule has 3 heteroatoms. The maximum Gasteiger partial charge on any atom is 0.156 e. The number of aliphatic imine (C=N–C) groups is 1. The largest absolute Gasteiger partial charge is 0.362 e. The van der Waals surface area contributed by atoms with E-state index >= 15 is 0 Å². The molecule has 0 aromatic rings. The molecular formula is C12H22N2S. The van der Waals surface area contributed by atoms with Crippen LogP contribution in [0.1, 0.15) is 45.4 Å². The fourth-order valence-corrected chi connectivity index (χ4v) is 3.14. The number of thioether (sulfide) groups is 1. The average molecular weight is 226 g/mol. The highest BCUT2D eigenvalue weighted by Gasteiger charge is 2.18. The second kappa shape index (κ2) is 5.78. The first-order chi connectivity index (χ1) is 7.38. The van der Waals surface area contributed by atoms with Gasteiger partial charge in [-0.25, -0.2) is 0 Å². The van der Waals surface area contributed by atoms with Crippen molar-refractivity contribution in [1.29, 1.82) is 0 Å². The highest BCUT2D eigenvalue weighted by molar-refractivity contribution is 8.13. The Morgan fingerprint density at radius 2 is 2.27 bits per heavy atom. The lowest BCUT2D eigenvalue weighted by atomic mass is 9.83. The summed E-state index contributed by atoms with van der Waals surface area (Å²) in [4.78, 5) is 4.67. The zero-order valence-corrected chi connectivity index (χ0v) is 10.5. The predicted molar refractivity (Wildman–Crippen MR) is 68.5 cm³/mol. The zero-order valence-electron chi connectivity index (χ0n) is 9.67. The van der Waals surface area contributed by atoms with E-state index in [0.717, 1.165) is 12.5 Å². The van der Waals surface area contributed by atoms with E-state index in [4.69, 9.17) is 0 Å². The summed E-state index contributed by atoms with van der Waals surface area (Å²) < 4.78 is 0. The van der Waals surface area contributed by atoms with Crippen LogP contribution >= 0.6 is 11.8 Å². The minimum absolute atomic E-state index is 0.675. The van der Waals surface area contributed by atoms with Crippen molar-refractivity contribution in [3.63, 3.8) is 0 Å². The van der Waals surface area contributed by atoms with Crippen LogP contribution in [0.2, 0.25) is 0 Å². The molecule has 1 N–H and O–H groups in total. The van der Waals surface area contributed by atoms with Crippen LogP contribution in [0.5, 0.6) is 0 Å². The molecule has 2 aliphatic rings. The molecule has 0 amide bonds. The van der Waals surface area contributed by atoms with Crippen LogP contribution in [0.3, 0.4) is 0 Å². The molecule has 2 fully saturated rings. The minimum Gasteiger partial charge on any atom is -0.362 e. The Morgan fingerprint density at radius 1 is 1.40 bits per heavy atom. The van der Waals surface area contributed by atoms with Crippen molar-refractivity contribution in [2.24, 2.45) is 10.9 Å². The molecule has 1 aliphatic carbocycles. The molecule has 0 aromatic carbocycles. The second-order valence-electron chi connectivity index (χ2n) is 4.66. The lowest BCUT2D eigenvalue weighted by molar-refractivity contribution is 0.300. The summed E-state index contributed by atoms with van der Waals surface area (Å²) in [5, 5.41) is 4.73. The van der Waals surface area contributed by atoms with Crippen LogP contribution in [0, 0.1) is 5.92 Å². The lowest BCUT2D eigenvalue weighted by Crippen LogP contribution is -2.37. The van der Waals surface area contributed by atoms with Crippen molar-refractivity contribution >= 4 is 16.9 Å². The lowest BCUT2D eigenvalue weighted by Gasteiger charge is -2.26. The smallest absolute Gasteiger partial charge is 0.156 e. The SMILES string of the molecule is CCC1CCSC(=NCCC2CCC2)N1. The van der Waals surface area contributed by atoms with Crippen molar-refractivity contribution in [3.05, 3.63) is 0 Å². The molecule has 0 bridgehead atoms. The summed E-state index contributed by atoms with van der Waals surface area (Å²) in [7, 11) is 0. The highest BCUT2D eigenvalue weighted by atomic mass is 32.2. The summed E-state index contributed by atoms with van der Waals surface area (Å²) in [6, 6.07) is 0.675. The molecular weight excluding hydrogens is 204 g/mol. The fourth-order valence-electron chi connectivity index (χ4n) is 2.11. The van der Waals surface area contributed by atoms with Gasteiger partial charge >= 0.3 is 0 Å². The first-order valence-corrected chi connectivity index (χ1v) is 7.31. The minimum atomic E-state index is 0.675. The molecule has 1 aliphatic heterocycles. The maximum absolute atomic E-state index is 4.67. The molecule has 1 heterocycles. The quantitative estimate of drug-likeness (QED) is 0.797. The Labute approximate surface area is 97.3 Å². The third-order valence-electron chi connectivity index (χ3n) is 3.54. The van der Waals surface area contributed by atoms with E-state index in [1.54, 1.807) is 0 Å². The molecule has 15 heavy (non-hydrogen) atoms. The van der Waals surface area contributed by atoms with Gasteiger partial charge in [0.25, 0.3) is 0 Å². The molecule has 1 atom stereocenters. The highest BCUT2D eigenvalue weighted by Crippen LogP contribution is 2.29. The first-order valence-electron chi connectivity index (χ1n) is 6.32. The van der Waals surface area contributed by atoms with Gasteiger partial charge in [0.1, 0.15) is 0 Å². The third-order valence-corrected chi connectivity index (χ3v) is 4.50. The van der Waals surface area contributed by atoms with Crippen LogP contribution in [-0.2, 0) is 0 Å². The first kappa shape index (κ1) is 11.3. The fraction of sp³-hybridized carbons (Fsp3) is 0.917. The van der Waals surface area contributed by atoms with Crippen LogP contribution in [-0.4, -0.2) is 23.5 Å². The topological polar surface area (TPSA) is 24.4 Å². The Bertz CT molecular complexity index is 224. The van der Waals surface area contributed by atoms with Crippen LogP contribution in [0.25, 0.3) is 0 Å². The van der Waals surface area contributed by atoms with E-state index in [2.05, 4.69) is 17.2 Å². The Kier molecular flexibility index (Phi) is 4.36. The molecule has 1 saturated carbocycles. The maximum atomic E-state index is 4.67. The van der Waals surface area contributed by atoms with Gasteiger partial charge in [-0.2, -0.15) is 0 Å². The Hall–Kier alpha value is -0.180. The van der Waals surface area contributed by atoms with E-state index < -0.39 is 0 Å². The number of nitrogens with zero attached hydrogens (tertiary/aromatic N) is 1. The standard InChI is InChI=1S/C12H22N2S/c1-2-11-7-9-15-12(14-11)13-8-6-10-4-3-5-10/h10-11H,2-9H2,1H3,(H,13,14). The molecule has 0 aromatic heterocycles. The van der Waals surface area contributed by atoms with Gasteiger partial charge in [0.05, 0.1) is 0 Å². The number of nitrogens with one attached hydrogen (secondary N) is 1. The van der Waals surface area contributed by atoms with E-state index in [1.807, 2.05) is 11.8 Å². The molecule has 0 radical (unpaired) electrons. The predicted octanol–water partition coefficient (Wildman–Crippen LogP) is 3.04. The van der Waals surface area contributed by atoms with Gasteiger partial charge in [0.15, 0.2) is 5.17 Å². The van der Waals surface area contributed by atoms with Crippen LogP contribution in [0.15, 0.2) is 4.99 Å². The molecule has 1 saturated heterocycles. The van der Waals surface area contributed by atoms with E-state index in [1.165, 1.54) is 49.4 Å². The van der Waals surface area contributed by atoms with Crippen LogP contribution in [0.4, 0.5) is 0 Å². The number of amidine groups is 1. The van der Waals surface area contributed by atoms with Gasteiger partial charge < -0.3 is 5.32 Å². The average Bonchev–Trinajstić information content (AvgIpc) is 2.22. The Morgan fingerprint density at radius 3 is 2.93 bits per heavy atom. The van der Waals surface area contributed by atoms with E-state index in [9.17, 15) is 0 Å². The summed E-state index contributed by atoms with van der Waals surface area (Å²) >= 11 is 1.90. The van der Waals surface area contributed by atoms with Gasteiger partial charge in [-0.1, -0.05) is 37.9 Å². The molecule has 1 unspecified atom stereocenters. The van der Waals surface area contributed by atoms with Gasteiger partial charge in [0, 0.05) is 18.3 Å². The van der Waals surface area contributed by atoms with Crippen molar-refractivity contribution in [1.82, 2.24) is 5.32 Å². The third kappa shape index (κ3) is 3.40. The van der Waals surface area contributed by atoms with Gasteiger partial charge in [-0.15, -0.1) is 0 Å². The normalized spacial score (nSPS) is 29.9. The molecule has 0 spiro atoms. The summed E-state index contributed by atoms with van der Waals surface area (Å²) in [6.45, 7) is 3.29. The van der Waals surface area contributed by atoms with Crippen molar-refractivity contribution in [2.45, 2.75) is 51.5 Å². The summed E-state index contributed by atoms with van der Waals surface area (Å²) in [5.41, 5.74) is 0. The van der Waals surface area contributed by atoms with Gasteiger partial charge in [0.2, 0.25) is 0 Å².